The summed E-state index contributed by atoms with van der Waals surface area (Å²) in [6.45, 7) is 3.41. The fraction of sp³-hybridized carbons (Fsp3) is 0.667. The lowest BCUT2D eigenvalue weighted by Gasteiger charge is -2.33. The molecular formula is C18H28F2N2O. The molecule has 5 heteroatoms. The van der Waals surface area contributed by atoms with E-state index in [9.17, 15) is 13.9 Å². The third kappa shape index (κ3) is 5.83. The maximum absolute atomic E-state index is 13.7. The first-order valence-corrected chi connectivity index (χ1v) is 8.46. The van der Waals surface area contributed by atoms with E-state index in [1.165, 1.54) is 25.0 Å². The summed E-state index contributed by atoms with van der Waals surface area (Å²) in [6, 6.07) is 3.36. The standard InChI is InChI=1S/C18H28F2N2O/c1-21(2)9-3-4-14-7-10-22(11-8-14)13-18(23)16-6-5-15(19)12-17(16)20/h5-6,12,14,18,23H,3-4,7-11,13H2,1-2H3. The van der Waals surface area contributed by atoms with Crippen LogP contribution in [-0.2, 0) is 0 Å². The van der Waals surface area contributed by atoms with Crippen molar-refractivity contribution in [2.24, 2.45) is 5.92 Å². The van der Waals surface area contributed by atoms with Crippen molar-refractivity contribution in [1.82, 2.24) is 9.80 Å². The highest BCUT2D eigenvalue weighted by atomic mass is 19.1. The zero-order valence-corrected chi connectivity index (χ0v) is 14.1. The van der Waals surface area contributed by atoms with Gasteiger partial charge < -0.3 is 14.9 Å². The van der Waals surface area contributed by atoms with E-state index in [4.69, 9.17) is 0 Å². The van der Waals surface area contributed by atoms with Crippen molar-refractivity contribution >= 4 is 0 Å². The smallest absolute Gasteiger partial charge is 0.131 e. The van der Waals surface area contributed by atoms with Crippen LogP contribution in [0.1, 0.15) is 37.4 Å². The Hall–Kier alpha value is -1.04. The molecular weight excluding hydrogens is 298 g/mol. The number of β-amino-alcohol motifs (C(OH)–C–C–N with tert-alkyl or cyclic N) is 1. The largest absolute Gasteiger partial charge is 0.387 e. The Morgan fingerprint density at radius 3 is 2.57 bits per heavy atom. The topological polar surface area (TPSA) is 26.7 Å². The Bertz CT molecular complexity index is 488. The number of rotatable bonds is 7. The average Bonchev–Trinajstić information content (AvgIpc) is 2.48. The van der Waals surface area contributed by atoms with Gasteiger partial charge in [0.05, 0.1) is 6.10 Å². The number of aliphatic hydroxyl groups excluding tert-OH is 1. The number of nitrogens with zero attached hydrogens (tertiary/aromatic N) is 2. The van der Waals surface area contributed by atoms with Crippen molar-refractivity contribution in [2.45, 2.75) is 31.8 Å². The number of likely N-dealkylation sites (tertiary alicyclic amines) is 1. The van der Waals surface area contributed by atoms with Gasteiger partial charge in [-0.15, -0.1) is 0 Å². The number of hydrogen-bond donors (Lipinski definition) is 1. The summed E-state index contributed by atoms with van der Waals surface area (Å²) in [5, 5.41) is 10.2. The molecule has 0 radical (unpaired) electrons. The van der Waals surface area contributed by atoms with E-state index in [2.05, 4.69) is 23.9 Å². The molecule has 0 spiro atoms. The summed E-state index contributed by atoms with van der Waals surface area (Å²) >= 11 is 0. The van der Waals surface area contributed by atoms with Gasteiger partial charge in [-0.25, -0.2) is 8.78 Å². The van der Waals surface area contributed by atoms with E-state index >= 15 is 0 Å². The quantitative estimate of drug-likeness (QED) is 0.834. The minimum atomic E-state index is -0.902. The first-order chi connectivity index (χ1) is 11.0. The zero-order chi connectivity index (χ0) is 16.8. The van der Waals surface area contributed by atoms with Crippen molar-refractivity contribution in [1.29, 1.82) is 0 Å². The van der Waals surface area contributed by atoms with Crippen molar-refractivity contribution < 1.29 is 13.9 Å². The summed E-state index contributed by atoms with van der Waals surface area (Å²) < 4.78 is 26.6. The molecule has 1 aromatic carbocycles. The molecule has 1 aromatic rings. The van der Waals surface area contributed by atoms with Crippen molar-refractivity contribution in [2.75, 3.05) is 40.3 Å². The molecule has 130 valence electrons. The molecule has 2 rings (SSSR count). The molecule has 1 aliphatic heterocycles. The van der Waals surface area contributed by atoms with Crippen LogP contribution in [-0.4, -0.2) is 55.2 Å². The normalized spacial score (nSPS) is 18.5. The lowest BCUT2D eigenvalue weighted by atomic mass is 9.92. The van der Waals surface area contributed by atoms with Gasteiger partial charge >= 0.3 is 0 Å². The molecule has 1 aliphatic rings. The molecule has 1 atom stereocenters. The average molecular weight is 326 g/mol. The minimum absolute atomic E-state index is 0.180. The second-order valence-electron chi connectivity index (χ2n) is 6.87. The summed E-state index contributed by atoms with van der Waals surface area (Å²) in [7, 11) is 4.19. The van der Waals surface area contributed by atoms with Gasteiger partial charge in [-0.05, 0) is 71.4 Å². The van der Waals surface area contributed by atoms with Crippen LogP contribution in [0, 0.1) is 17.6 Å². The van der Waals surface area contributed by atoms with E-state index in [0.717, 1.165) is 44.5 Å². The van der Waals surface area contributed by atoms with Gasteiger partial charge in [0.15, 0.2) is 0 Å². The highest BCUT2D eigenvalue weighted by Gasteiger charge is 2.22. The predicted octanol–water partition coefficient (Wildman–Crippen LogP) is 3.05. The van der Waals surface area contributed by atoms with Crippen molar-refractivity contribution in [3.05, 3.63) is 35.4 Å². The van der Waals surface area contributed by atoms with Crippen LogP contribution in [0.2, 0.25) is 0 Å². The van der Waals surface area contributed by atoms with Gasteiger partial charge in [-0.2, -0.15) is 0 Å². The molecule has 1 N–H and O–H groups in total. The van der Waals surface area contributed by atoms with Gasteiger partial charge in [0.1, 0.15) is 11.6 Å². The van der Waals surface area contributed by atoms with Crippen LogP contribution in [0.3, 0.4) is 0 Å². The first-order valence-electron chi connectivity index (χ1n) is 8.46. The highest BCUT2D eigenvalue weighted by molar-refractivity contribution is 5.21. The fourth-order valence-corrected chi connectivity index (χ4v) is 3.27. The minimum Gasteiger partial charge on any atom is -0.387 e. The monoisotopic (exact) mass is 326 g/mol. The Labute approximate surface area is 137 Å². The SMILES string of the molecule is CN(C)CCCC1CCN(CC(O)c2ccc(F)cc2F)CC1. The lowest BCUT2D eigenvalue weighted by Crippen LogP contribution is -2.36. The van der Waals surface area contributed by atoms with E-state index in [-0.39, 0.29) is 5.56 Å². The summed E-state index contributed by atoms with van der Waals surface area (Å²) in [6.07, 6.45) is 3.83. The van der Waals surface area contributed by atoms with Crippen molar-refractivity contribution in [3.8, 4) is 0 Å². The van der Waals surface area contributed by atoms with Gasteiger partial charge in [0.25, 0.3) is 0 Å². The molecule has 1 fully saturated rings. The van der Waals surface area contributed by atoms with Gasteiger partial charge in [0, 0.05) is 18.2 Å². The molecule has 3 nitrogen and oxygen atoms in total. The van der Waals surface area contributed by atoms with Crippen LogP contribution in [0.4, 0.5) is 8.78 Å². The van der Waals surface area contributed by atoms with E-state index < -0.39 is 17.7 Å². The summed E-state index contributed by atoms with van der Waals surface area (Å²) in [5.41, 5.74) is 0.180. The third-order valence-corrected chi connectivity index (χ3v) is 4.68. The summed E-state index contributed by atoms with van der Waals surface area (Å²) in [5.74, 6) is -0.529. The molecule has 0 bridgehead atoms. The van der Waals surface area contributed by atoms with Crippen LogP contribution in [0.15, 0.2) is 18.2 Å². The molecule has 1 unspecified atom stereocenters. The highest BCUT2D eigenvalue weighted by Crippen LogP contribution is 2.25. The van der Waals surface area contributed by atoms with Gasteiger partial charge in [-0.1, -0.05) is 6.07 Å². The maximum atomic E-state index is 13.7. The molecule has 0 amide bonds. The Balaban J connectivity index is 1.75. The Kier molecular flexibility index (Phi) is 6.93. The fourth-order valence-electron chi connectivity index (χ4n) is 3.27. The molecule has 1 saturated heterocycles. The van der Waals surface area contributed by atoms with E-state index in [1.54, 1.807) is 0 Å². The zero-order valence-electron chi connectivity index (χ0n) is 14.1. The predicted molar refractivity (Wildman–Crippen MR) is 88.3 cm³/mol. The molecule has 23 heavy (non-hydrogen) atoms. The van der Waals surface area contributed by atoms with Gasteiger partial charge in [0.2, 0.25) is 0 Å². The van der Waals surface area contributed by atoms with Crippen molar-refractivity contribution in [3.63, 3.8) is 0 Å². The third-order valence-electron chi connectivity index (χ3n) is 4.68. The van der Waals surface area contributed by atoms with E-state index in [1.807, 2.05) is 0 Å². The molecule has 0 saturated carbocycles. The molecule has 1 heterocycles. The first kappa shape index (κ1) is 18.3. The number of aliphatic hydroxyl groups is 1. The molecule has 0 aliphatic carbocycles. The van der Waals surface area contributed by atoms with Crippen LogP contribution < -0.4 is 0 Å². The van der Waals surface area contributed by atoms with E-state index in [0.29, 0.717) is 6.54 Å². The second-order valence-corrected chi connectivity index (χ2v) is 6.87. The number of benzene rings is 1. The second kappa shape index (κ2) is 8.71. The number of halogens is 2. The van der Waals surface area contributed by atoms with Crippen LogP contribution in [0.5, 0.6) is 0 Å². The summed E-state index contributed by atoms with van der Waals surface area (Å²) in [4.78, 5) is 4.39. The lowest BCUT2D eigenvalue weighted by molar-refractivity contribution is 0.0851. The number of piperidine rings is 1. The van der Waals surface area contributed by atoms with Gasteiger partial charge in [-0.3, -0.25) is 0 Å². The van der Waals surface area contributed by atoms with Crippen LogP contribution in [0.25, 0.3) is 0 Å². The number of hydrogen-bond acceptors (Lipinski definition) is 3. The molecule has 0 aromatic heterocycles. The van der Waals surface area contributed by atoms with Crippen LogP contribution >= 0.6 is 0 Å². The Morgan fingerprint density at radius 2 is 1.96 bits per heavy atom. The maximum Gasteiger partial charge on any atom is 0.131 e. The Morgan fingerprint density at radius 1 is 1.26 bits per heavy atom.